The zero-order chi connectivity index (χ0) is 10.6. The summed E-state index contributed by atoms with van der Waals surface area (Å²) >= 11 is 0. The third-order valence-electron chi connectivity index (χ3n) is 3.36. The van der Waals surface area contributed by atoms with E-state index in [9.17, 15) is 4.79 Å². The maximum atomic E-state index is 11.5. The van der Waals surface area contributed by atoms with Gasteiger partial charge in [-0.05, 0) is 19.3 Å². The lowest BCUT2D eigenvalue weighted by Gasteiger charge is -2.29. The van der Waals surface area contributed by atoms with Crippen molar-refractivity contribution in [2.24, 2.45) is 5.41 Å². The first-order chi connectivity index (χ1) is 6.66. The summed E-state index contributed by atoms with van der Waals surface area (Å²) in [6.45, 7) is 6.08. The van der Waals surface area contributed by atoms with E-state index in [2.05, 4.69) is 13.5 Å². The lowest BCUT2D eigenvalue weighted by atomic mass is 9.75. The molecule has 0 aromatic heterocycles. The number of ether oxygens (including phenoxy) is 1. The van der Waals surface area contributed by atoms with Gasteiger partial charge in [-0.1, -0.05) is 32.8 Å². The van der Waals surface area contributed by atoms with Gasteiger partial charge in [-0.2, -0.15) is 0 Å². The average molecular weight is 196 g/mol. The molecule has 0 heterocycles. The van der Waals surface area contributed by atoms with Crippen molar-refractivity contribution in [3.05, 3.63) is 12.2 Å². The van der Waals surface area contributed by atoms with Crippen molar-refractivity contribution in [2.75, 3.05) is 7.11 Å². The van der Waals surface area contributed by atoms with E-state index in [4.69, 9.17) is 4.74 Å². The number of esters is 1. The fourth-order valence-electron chi connectivity index (χ4n) is 2.57. The summed E-state index contributed by atoms with van der Waals surface area (Å²) in [5.74, 6) is -0.222. The van der Waals surface area contributed by atoms with E-state index in [1.165, 1.54) is 20.0 Å². The fourth-order valence-corrected chi connectivity index (χ4v) is 2.57. The molecular weight excluding hydrogens is 176 g/mol. The van der Waals surface area contributed by atoms with Crippen LogP contribution in [-0.4, -0.2) is 13.1 Å². The molecule has 0 amide bonds. The Morgan fingerprint density at radius 3 is 2.43 bits per heavy atom. The molecule has 0 atom stereocenters. The molecule has 1 aliphatic carbocycles. The van der Waals surface area contributed by atoms with E-state index in [1.807, 2.05) is 0 Å². The van der Waals surface area contributed by atoms with E-state index < -0.39 is 0 Å². The Morgan fingerprint density at radius 1 is 1.43 bits per heavy atom. The summed E-state index contributed by atoms with van der Waals surface area (Å²) < 4.78 is 4.76. The number of rotatable bonds is 4. The number of carbonyl (C=O) groups excluding carboxylic acids is 1. The molecule has 0 bridgehead atoms. The van der Waals surface area contributed by atoms with Crippen LogP contribution in [0.4, 0.5) is 0 Å². The van der Waals surface area contributed by atoms with Crippen molar-refractivity contribution in [1.82, 2.24) is 0 Å². The van der Waals surface area contributed by atoms with Crippen LogP contribution < -0.4 is 0 Å². The Bertz CT molecular complexity index is 224. The minimum atomic E-state index is -0.222. The van der Waals surface area contributed by atoms with Gasteiger partial charge in [-0.15, -0.1) is 0 Å². The molecule has 1 aliphatic rings. The minimum Gasteiger partial charge on any atom is -0.466 e. The van der Waals surface area contributed by atoms with Gasteiger partial charge in [0.2, 0.25) is 0 Å². The predicted molar refractivity (Wildman–Crippen MR) is 57.0 cm³/mol. The second-order valence-corrected chi connectivity index (χ2v) is 4.21. The highest BCUT2D eigenvalue weighted by atomic mass is 16.5. The van der Waals surface area contributed by atoms with Gasteiger partial charge in [-0.3, -0.25) is 0 Å². The molecule has 2 nitrogen and oxygen atoms in total. The highest BCUT2D eigenvalue weighted by Crippen LogP contribution is 2.47. The maximum absolute atomic E-state index is 11.5. The molecule has 1 saturated carbocycles. The summed E-state index contributed by atoms with van der Waals surface area (Å²) in [4.78, 5) is 11.5. The standard InChI is InChI=1S/C12H20O2/c1-4-7-12(8-5-6-9-12)10(2)11(13)14-3/h2,4-9H2,1,3H3. The zero-order valence-electron chi connectivity index (χ0n) is 9.27. The van der Waals surface area contributed by atoms with Crippen LogP contribution in [0.15, 0.2) is 12.2 Å². The molecule has 0 radical (unpaired) electrons. The molecule has 2 heteroatoms. The van der Waals surface area contributed by atoms with Crippen LogP contribution in [-0.2, 0) is 9.53 Å². The molecule has 0 aromatic rings. The Labute approximate surface area is 86.3 Å². The van der Waals surface area contributed by atoms with Gasteiger partial charge in [-0.25, -0.2) is 4.79 Å². The van der Waals surface area contributed by atoms with Crippen LogP contribution in [0, 0.1) is 5.41 Å². The number of hydrogen-bond acceptors (Lipinski definition) is 2. The van der Waals surface area contributed by atoms with Gasteiger partial charge < -0.3 is 4.74 Å². The molecule has 0 unspecified atom stereocenters. The Hall–Kier alpha value is -0.790. The van der Waals surface area contributed by atoms with E-state index in [0.29, 0.717) is 5.57 Å². The predicted octanol–water partition coefficient (Wildman–Crippen LogP) is 3.08. The van der Waals surface area contributed by atoms with E-state index in [-0.39, 0.29) is 11.4 Å². The molecule has 0 spiro atoms. The number of methoxy groups -OCH3 is 1. The van der Waals surface area contributed by atoms with Crippen molar-refractivity contribution in [2.45, 2.75) is 45.4 Å². The molecule has 0 aliphatic heterocycles. The first-order valence-corrected chi connectivity index (χ1v) is 5.44. The van der Waals surface area contributed by atoms with Crippen LogP contribution in [0.2, 0.25) is 0 Å². The van der Waals surface area contributed by atoms with E-state index >= 15 is 0 Å². The van der Waals surface area contributed by atoms with Crippen molar-refractivity contribution in [1.29, 1.82) is 0 Å². The topological polar surface area (TPSA) is 26.3 Å². The summed E-state index contributed by atoms with van der Waals surface area (Å²) in [6, 6.07) is 0. The monoisotopic (exact) mass is 196 g/mol. The van der Waals surface area contributed by atoms with Crippen molar-refractivity contribution in [3.8, 4) is 0 Å². The third-order valence-corrected chi connectivity index (χ3v) is 3.36. The first kappa shape index (κ1) is 11.3. The van der Waals surface area contributed by atoms with Gasteiger partial charge in [0.15, 0.2) is 0 Å². The normalized spacial score (nSPS) is 19.3. The number of hydrogen-bond donors (Lipinski definition) is 0. The molecule has 80 valence electrons. The Balaban J connectivity index is 2.76. The van der Waals surface area contributed by atoms with Crippen LogP contribution >= 0.6 is 0 Å². The Morgan fingerprint density at radius 2 is 2.00 bits per heavy atom. The van der Waals surface area contributed by atoms with Crippen LogP contribution in [0.5, 0.6) is 0 Å². The van der Waals surface area contributed by atoms with Crippen molar-refractivity contribution < 1.29 is 9.53 Å². The van der Waals surface area contributed by atoms with Gasteiger partial charge in [0.05, 0.1) is 7.11 Å². The molecule has 14 heavy (non-hydrogen) atoms. The lowest BCUT2D eigenvalue weighted by molar-refractivity contribution is -0.137. The summed E-state index contributed by atoms with van der Waals surface area (Å²) in [5.41, 5.74) is 0.751. The van der Waals surface area contributed by atoms with Crippen LogP contribution in [0.1, 0.15) is 45.4 Å². The second kappa shape index (κ2) is 4.63. The molecular formula is C12H20O2. The third kappa shape index (κ3) is 1.99. The molecule has 0 saturated heterocycles. The molecule has 0 aromatic carbocycles. The van der Waals surface area contributed by atoms with Gasteiger partial charge in [0.1, 0.15) is 0 Å². The van der Waals surface area contributed by atoms with E-state index in [1.54, 1.807) is 0 Å². The molecule has 1 rings (SSSR count). The van der Waals surface area contributed by atoms with Crippen molar-refractivity contribution in [3.63, 3.8) is 0 Å². The quantitative estimate of drug-likeness (QED) is 0.510. The largest absolute Gasteiger partial charge is 0.466 e. The lowest BCUT2D eigenvalue weighted by Crippen LogP contribution is -2.25. The molecule has 1 fully saturated rings. The maximum Gasteiger partial charge on any atom is 0.333 e. The fraction of sp³-hybridized carbons (Fsp3) is 0.750. The summed E-state index contributed by atoms with van der Waals surface area (Å²) in [6.07, 6.45) is 6.83. The summed E-state index contributed by atoms with van der Waals surface area (Å²) in [7, 11) is 1.43. The smallest absolute Gasteiger partial charge is 0.333 e. The van der Waals surface area contributed by atoms with E-state index in [0.717, 1.165) is 25.7 Å². The summed E-state index contributed by atoms with van der Waals surface area (Å²) in [5, 5.41) is 0. The highest BCUT2D eigenvalue weighted by molar-refractivity contribution is 5.89. The minimum absolute atomic E-state index is 0.0574. The SMILES string of the molecule is C=C(C(=O)OC)C1(CCC)CCCC1. The molecule has 0 N–H and O–H groups in total. The second-order valence-electron chi connectivity index (χ2n) is 4.21. The van der Waals surface area contributed by atoms with Crippen LogP contribution in [0.3, 0.4) is 0 Å². The zero-order valence-corrected chi connectivity index (χ0v) is 9.27. The number of carbonyl (C=O) groups is 1. The average Bonchev–Trinajstić information content (AvgIpc) is 2.66. The van der Waals surface area contributed by atoms with Gasteiger partial charge in [0.25, 0.3) is 0 Å². The first-order valence-electron chi connectivity index (χ1n) is 5.44. The Kier molecular flexibility index (Phi) is 3.73. The van der Waals surface area contributed by atoms with Crippen molar-refractivity contribution >= 4 is 5.97 Å². The van der Waals surface area contributed by atoms with Gasteiger partial charge in [0, 0.05) is 11.0 Å². The van der Waals surface area contributed by atoms with Gasteiger partial charge >= 0.3 is 5.97 Å². The van der Waals surface area contributed by atoms with Crippen LogP contribution in [0.25, 0.3) is 0 Å². The highest BCUT2D eigenvalue weighted by Gasteiger charge is 2.38.